The minimum Gasteiger partial charge on any atom is -0.506 e. The van der Waals surface area contributed by atoms with Gasteiger partial charge in [-0.15, -0.1) is 0 Å². The Morgan fingerprint density at radius 3 is 2.35 bits per heavy atom. The number of benzene rings is 2. The molecule has 2 rings (SSSR count). The molecule has 0 radical (unpaired) electrons. The Labute approximate surface area is 107 Å². The van der Waals surface area contributed by atoms with Crippen LogP contribution >= 0.6 is 23.2 Å². The van der Waals surface area contributed by atoms with Crippen molar-refractivity contribution in [1.82, 2.24) is 0 Å². The molecule has 0 saturated carbocycles. The van der Waals surface area contributed by atoms with Gasteiger partial charge in [0.05, 0.1) is 10.0 Å². The third-order valence-corrected chi connectivity index (χ3v) is 3.77. The standard InChI is InChI=1S/C10H6Cl2O4S/c11-6-4-7(12)10(13)9-5(6)2-1-3-8(9)17(14,15)16/h1-4,13H,(H,14,15,16). The van der Waals surface area contributed by atoms with Crippen LogP contribution in [0.25, 0.3) is 10.8 Å². The average Bonchev–Trinajstić information content (AvgIpc) is 2.24. The predicted molar refractivity (Wildman–Crippen MR) is 65.4 cm³/mol. The minimum atomic E-state index is -4.46. The van der Waals surface area contributed by atoms with E-state index in [4.69, 9.17) is 27.8 Å². The first-order valence-corrected chi connectivity index (χ1v) is 6.59. The van der Waals surface area contributed by atoms with Gasteiger partial charge >= 0.3 is 0 Å². The first-order chi connectivity index (χ1) is 7.82. The molecule has 0 aromatic heterocycles. The number of fused-ring (bicyclic) bond motifs is 1. The molecule has 0 spiro atoms. The highest BCUT2D eigenvalue weighted by Gasteiger charge is 2.19. The Balaban J connectivity index is 3.09. The SMILES string of the molecule is O=S(=O)(O)c1cccc2c(Cl)cc(Cl)c(O)c12. The summed E-state index contributed by atoms with van der Waals surface area (Å²) in [6.45, 7) is 0. The van der Waals surface area contributed by atoms with E-state index >= 15 is 0 Å². The van der Waals surface area contributed by atoms with Gasteiger partial charge in [-0.3, -0.25) is 4.55 Å². The summed E-state index contributed by atoms with van der Waals surface area (Å²) in [5.74, 6) is -0.431. The molecule has 0 aliphatic heterocycles. The molecular weight excluding hydrogens is 287 g/mol. The molecule has 2 aromatic carbocycles. The largest absolute Gasteiger partial charge is 0.506 e. The lowest BCUT2D eigenvalue weighted by Crippen LogP contribution is -1.99. The number of halogens is 2. The molecule has 2 aromatic rings. The van der Waals surface area contributed by atoms with Crippen LogP contribution in [0.1, 0.15) is 0 Å². The fourth-order valence-corrected chi connectivity index (χ4v) is 2.81. The predicted octanol–water partition coefficient (Wildman–Crippen LogP) is 3.10. The molecule has 0 heterocycles. The summed E-state index contributed by atoms with van der Waals surface area (Å²) in [5.41, 5.74) is 0. The molecule has 17 heavy (non-hydrogen) atoms. The van der Waals surface area contributed by atoms with E-state index in [0.717, 1.165) is 6.07 Å². The number of phenolic OH excluding ortho intramolecular Hbond substituents is 1. The van der Waals surface area contributed by atoms with Crippen LogP contribution in [0.5, 0.6) is 5.75 Å². The third-order valence-electron chi connectivity index (χ3n) is 2.28. The van der Waals surface area contributed by atoms with Gasteiger partial charge in [-0.2, -0.15) is 8.42 Å². The second-order valence-corrected chi connectivity index (χ2v) is 5.55. The molecule has 7 heteroatoms. The summed E-state index contributed by atoms with van der Waals surface area (Å²) in [5, 5.41) is 10.1. The van der Waals surface area contributed by atoms with Crippen LogP contribution in [0.3, 0.4) is 0 Å². The van der Waals surface area contributed by atoms with Gasteiger partial charge in [0.1, 0.15) is 10.6 Å². The number of phenols is 1. The van der Waals surface area contributed by atoms with E-state index in [2.05, 4.69) is 0 Å². The Morgan fingerprint density at radius 1 is 1.12 bits per heavy atom. The summed E-state index contributed by atoms with van der Waals surface area (Å²) >= 11 is 11.6. The Kier molecular flexibility index (Phi) is 2.95. The van der Waals surface area contributed by atoms with Crippen LogP contribution in [-0.4, -0.2) is 18.1 Å². The Bertz CT molecular complexity index is 710. The highest BCUT2D eigenvalue weighted by molar-refractivity contribution is 7.86. The minimum absolute atomic E-state index is 0.0846. The fourth-order valence-electron chi connectivity index (χ4n) is 1.57. The molecule has 0 unspecified atom stereocenters. The van der Waals surface area contributed by atoms with Gasteiger partial charge < -0.3 is 5.11 Å². The van der Waals surface area contributed by atoms with Crippen LogP contribution < -0.4 is 0 Å². The van der Waals surface area contributed by atoms with Gasteiger partial charge in [0.15, 0.2) is 0 Å². The van der Waals surface area contributed by atoms with Gasteiger partial charge in [-0.05, 0) is 12.1 Å². The Hall–Kier alpha value is -1.01. The highest BCUT2D eigenvalue weighted by Crippen LogP contribution is 2.40. The van der Waals surface area contributed by atoms with Crippen molar-refractivity contribution in [2.45, 2.75) is 4.90 Å². The first kappa shape index (κ1) is 12.4. The lowest BCUT2D eigenvalue weighted by Gasteiger charge is -2.08. The van der Waals surface area contributed by atoms with E-state index in [1.807, 2.05) is 0 Å². The zero-order valence-corrected chi connectivity index (χ0v) is 10.5. The van der Waals surface area contributed by atoms with Crippen molar-refractivity contribution in [3.05, 3.63) is 34.3 Å². The van der Waals surface area contributed by atoms with Crippen LogP contribution in [0, 0.1) is 0 Å². The molecule has 0 fully saturated rings. The quantitative estimate of drug-likeness (QED) is 0.792. The second-order valence-electron chi connectivity index (χ2n) is 3.34. The van der Waals surface area contributed by atoms with Crippen molar-refractivity contribution in [1.29, 1.82) is 0 Å². The van der Waals surface area contributed by atoms with Gasteiger partial charge in [0, 0.05) is 10.8 Å². The van der Waals surface area contributed by atoms with Gasteiger partial charge in [-0.1, -0.05) is 35.3 Å². The number of rotatable bonds is 1. The van der Waals surface area contributed by atoms with E-state index in [0.29, 0.717) is 5.39 Å². The molecule has 0 aliphatic rings. The summed E-state index contributed by atoms with van der Waals surface area (Å²) in [6, 6.07) is 5.38. The maximum Gasteiger partial charge on any atom is 0.295 e. The van der Waals surface area contributed by atoms with E-state index in [-0.39, 0.29) is 15.4 Å². The summed E-state index contributed by atoms with van der Waals surface area (Å²) in [7, 11) is -4.46. The molecule has 0 atom stereocenters. The molecule has 0 aliphatic carbocycles. The fraction of sp³-hybridized carbons (Fsp3) is 0. The highest BCUT2D eigenvalue weighted by atomic mass is 35.5. The Morgan fingerprint density at radius 2 is 1.76 bits per heavy atom. The molecule has 4 nitrogen and oxygen atoms in total. The first-order valence-electron chi connectivity index (χ1n) is 4.39. The number of hydrogen-bond acceptors (Lipinski definition) is 3. The normalized spacial score (nSPS) is 11.9. The van der Waals surface area contributed by atoms with Gasteiger partial charge in [-0.25, -0.2) is 0 Å². The zero-order valence-electron chi connectivity index (χ0n) is 8.18. The van der Waals surface area contributed by atoms with E-state index in [9.17, 15) is 13.5 Å². The van der Waals surface area contributed by atoms with Crippen molar-refractivity contribution >= 4 is 44.1 Å². The van der Waals surface area contributed by atoms with E-state index in [1.54, 1.807) is 0 Å². The van der Waals surface area contributed by atoms with Crippen molar-refractivity contribution in [2.75, 3.05) is 0 Å². The summed E-state index contributed by atoms with van der Waals surface area (Å²) in [4.78, 5) is -0.433. The van der Waals surface area contributed by atoms with Crippen molar-refractivity contribution in [3.8, 4) is 5.75 Å². The van der Waals surface area contributed by atoms with Crippen molar-refractivity contribution in [3.63, 3.8) is 0 Å². The van der Waals surface area contributed by atoms with E-state index in [1.165, 1.54) is 18.2 Å². The second kappa shape index (κ2) is 4.03. The van der Waals surface area contributed by atoms with Crippen molar-refractivity contribution < 1.29 is 18.1 Å². The molecule has 2 N–H and O–H groups in total. The molecular formula is C10H6Cl2O4S. The number of hydrogen-bond donors (Lipinski definition) is 2. The van der Waals surface area contributed by atoms with Crippen LogP contribution in [-0.2, 0) is 10.1 Å². The molecule has 0 bridgehead atoms. The lowest BCUT2D eigenvalue weighted by molar-refractivity contribution is 0.474. The van der Waals surface area contributed by atoms with Crippen LogP contribution in [0.4, 0.5) is 0 Å². The molecule has 90 valence electrons. The van der Waals surface area contributed by atoms with Crippen molar-refractivity contribution in [2.24, 2.45) is 0 Å². The van der Waals surface area contributed by atoms with Gasteiger partial charge in [0.25, 0.3) is 10.1 Å². The average molecular weight is 293 g/mol. The molecule has 0 saturated heterocycles. The van der Waals surface area contributed by atoms with Crippen LogP contribution in [0.15, 0.2) is 29.2 Å². The topological polar surface area (TPSA) is 74.6 Å². The third kappa shape index (κ3) is 2.07. The maximum absolute atomic E-state index is 11.2. The molecule has 0 amide bonds. The number of aromatic hydroxyl groups is 1. The summed E-state index contributed by atoms with van der Waals surface area (Å²) in [6.07, 6.45) is 0. The summed E-state index contributed by atoms with van der Waals surface area (Å²) < 4.78 is 31.4. The maximum atomic E-state index is 11.2. The smallest absolute Gasteiger partial charge is 0.295 e. The van der Waals surface area contributed by atoms with E-state index < -0.39 is 20.8 Å². The van der Waals surface area contributed by atoms with Crippen LogP contribution in [0.2, 0.25) is 10.0 Å². The monoisotopic (exact) mass is 292 g/mol. The lowest BCUT2D eigenvalue weighted by atomic mass is 10.1. The van der Waals surface area contributed by atoms with Gasteiger partial charge in [0.2, 0.25) is 0 Å². The zero-order chi connectivity index (χ0) is 12.8.